The first kappa shape index (κ1) is 18.3. The first-order valence-corrected chi connectivity index (χ1v) is 8.14. The summed E-state index contributed by atoms with van der Waals surface area (Å²) in [6, 6.07) is 12.8. The molecule has 0 saturated carbocycles. The lowest BCUT2D eigenvalue weighted by Gasteiger charge is -2.10. The van der Waals surface area contributed by atoms with Gasteiger partial charge in [0.1, 0.15) is 11.4 Å². The van der Waals surface area contributed by atoms with Crippen molar-refractivity contribution in [3.63, 3.8) is 0 Å². The Bertz CT molecular complexity index is 1030. The van der Waals surface area contributed by atoms with E-state index in [0.717, 1.165) is 10.9 Å². The van der Waals surface area contributed by atoms with Gasteiger partial charge in [-0.05, 0) is 36.4 Å². The molecule has 2 amide bonds. The van der Waals surface area contributed by atoms with E-state index in [1.807, 2.05) is 0 Å². The number of H-pyrrole nitrogens is 1. The van der Waals surface area contributed by atoms with Crippen LogP contribution in [0.5, 0.6) is 5.75 Å². The van der Waals surface area contributed by atoms with E-state index in [1.54, 1.807) is 36.4 Å². The molecule has 3 aromatic rings. The molecule has 0 unspecified atom stereocenters. The van der Waals surface area contributed by atoms with Crippen LogP contribution in [0.2, 0.25) is 5.02 Å². The fourth-order valence-electron chi connectivity index (χ4n) is 2.39. The van der Waals surface area contributed by atoms with Crippen molar-refractivity contribution in [1.82, 2.24) is 15.8 Å². The summed E-state index contributed by atoms with van der Waals surface area (Å²) in [5.41, 5.74) is 5.61. The molecule has 0 aliphatic carbocycles. The van der Waals surface area contributed by atoms with Gasteiger partial charge in [-0.3, -0.25) is 20.4 Å². The van der Waals surface area contributed by atoms with Crippen LogP contribution in [0.1, 0.15) is 20.8 Å². The summed E-state index contributed by atoms with van der Waals surface area (Å²) in [5, 5.41) is 9.99. The molecule has 0 radical (unpaired) electrons. The number of ether oxygens (including phenoxy) is 1. The Labute approximate surface area is 158 Å². The largest absolute Gasteiger partial charge is 0.481 e. The number of carbonyl (C=O) groups excluding carboxylic acids is 2. The number of para-hydroxylation sites is 1. The van der Waals surface area contributed by atoms with E-state index < -0.39 is 24.4 Å². The van der Waals surface area contributed by atoms with E-state index in [0.29, 0.717) is 5.02 Å². The molecule has 0 bridgehead atoms. The van der Waals surface area contributed by atoms with E-state index in [2.05, 4.69) is 15.8 Å². The number of aliphatic carboxylic acids is 1. The average molecular weight is 388 g/mol. The number of hydrogen-bond acceptors (Lipinski definition) is 4. The molecule has 1 aromatic heterocycles. The number of aromatic nitrogens is 1. The van der Waals surface area contributed by atoms with E-state index in [-0.39, 0.29) is 17.0 Å². The highest BCUT2D eigenvalue weighted by molar-refractivity contribution is 6.31. The number of fused-ring (bicyclic) bond motifs is 1. The maximum absolute atomic E-state index is 12.3. The molecule has 4 N–H and O–H groups in total. The van der Waals surface area contributed by atoms with Gasteiger partial charge >= 0.3 is 5.97 Å². The van der Waals surface area contributed by atoms with Crippen LogP contribution in [0.15, 0.2) is 48.5 Å². The summed E-state index contributed by atoms with van der Waals surface area (Å²) in [6.45, 7) is -0.589. The molecule has 0 aliphatic rings. The summed E-state index contributed by atoms with van der Waals surface area (Å²) in [6.07, 6.45) is 0. The molecule has 138 valence electrons. The van der Waals surface area contributed by atoms with Crippen LogP contribution in [0.4, 0.5) is 0 Å². The van der Waals surface area contributed by atoms with Crippen molar-refractivity contribution in [3.05, 3.63) is 64.8 Å². The summed E-state index contributed by atoms with van der Waals surface area (Å²) in [7, 11) is 0. The minimum Gasteiger partial charge on any atom is -0.481 e. The van der Waals surface area contributed by atoms with Gasteiger partial charge in [-0.15, -0.1) is 0 Å². The van der Waals surface area contributed by atoms with Crippen LogP contribution < -0.4 is 15.6 Å². The molecule has 0 fully saturated rings. The number of carboxylic acid groups (broad SMARTS) is 1. The first-order chi connectivity index (χ1) is 12.9. The quantitative estimate of drug-likeness (QED) is 0.501. The molecule has 0 aliphatic heterocycles. The number of nitrogens with one attached hydrogen (secondary N) is 3. The van der Waals surface area contributed by atoms with E-state index in [4.69, 9.17) is 21.4 Å². The highest BCUT2D eigenvalue weighted by atomic mass is 35.5. The van der Waals surface area contributed by atoms with Crippen LogP contribution >= 0.6 is 11.6 Å². The summed E-state index contributed by atoms with van der Waals surface area (Å²) in [4.78, 5) is 38.1. The zero-order valence-electron chi connectivity index (χ0n) is 13.8. The van der Waals surface area contributed by atoms with Crippen molar-refractivity contribution in [2.75, 3.05) is 6.61 Å². The second kappa shape index (κ2) is 7.79. The highest BCUT2D eigenvalue weighted by Crippen LogP contribution is 2.20. The molecule has 0 atom stereocenters. The lowest BCUT2D eigenvalue weighted by molar-refractivity contribution is -0.139. The lowest BCUT2D eigenvalue weighted by atomic mass is 10.2. The fourth-order valence-corrected chi connectivity index (χ4v) is 2.57. The first-order valence-electron chi connectivity index (χ1n) is 7.76. The topological polar surface area (TPSA) is 121 Å². The molecule has 3 rings (SSSR count). The Morgan fingerprint density at radius 2 is 1.78 bits per heavy atom. The van der Waals surface area contributed by atoms with Gasteiger partial charge in [0.2, 0.25) is 0 Å². The zero-order valence-corrected chi connectivity index (χ0v) is 14.5. The molecule has 1 heterocycles. The normalized spacial score (nSPS) is 10.4. The van der Waals surface area contributed by atoms with Gasteiger partial charge in [0.05, 0.1) is 5.56 Å². The number of benzene rings is 2. The molecule has 0 saturated heterocycles. The van der Waals surface area contributed by atoms with E-state index in [9.17, 15) is 14.4 Å². The van der Waals surface area contributed by atoms with Gasteiger partial charge < -0.3 is 14.8 Å². The highest BCUT2D eigenvalue weighted by Gasteiger charge is 2.15. The molecular formula is C18H14ClN3O5. The third kappa shape index (κ3) is 4.36. The Balaban J connectivity index is 1.68. The second-order valence-electron chi connectivity index (χ2n) is 5.50. The van der Waals surface area contributed by atoms with Gasteiger partial charge in [0.25, 0.3) is 11.8 Å². The molecule has 27 heavy (non-hydrogen) atoms. The Hall–Kier alpha value is -3.52. The number of rotatable bonds is 5. The number of carbonyl (C=O) groups is 3. The standard InChI is InChI=1S/C18H14ClN3O5/c19-11-5-6-13-10(7-11)8-14(20-13)18(26)22-21-17(25)12-3-1-2-4-15(12)27-9-16(23)24/h1-8,20H,9H2,(H,21,25)(H,22,26)(H,23,24). The van der Waals surface area contributed by atoms with E-state index in [1.165, 1.54) is 12.1 Å². The Morgan fingerprint density at radius 1 is 1.04 bits per heavy atom. The monoisotopic (exact) mass is 387 g/mol. The summed E-state index contributed by atoms with van der Waals surface area (Å²) < 4.78 is 5.07. The predicted octanol–water partition coefficient (Wildman–Crippen LogP) is 2.36. The van der Waals surface area contributed by atoms with Crippen molar-refractivity contribution < 1.29 is 24.2 Å². The van der Waals surface area contributed by atoms with Crippen LogP contribution in [0.3, 0.4) is 0 Å². The maximum atomic E-state index is 12.3. The van der Waals surface area contributed by atoms with Crippen molar-refractivity contribution in [3.8, 4) is 5.75 Å². The fraction of sp³-hybridized carbons (Fsp3) is 0.0556. The van der Waals surface area contributed by atoms with Gasteiger partial charge in [0, 0.05) is 15.9 Å². The van der Waals surface area contributed by atoms with Gasteiger partial charge in [-0.2, -0.15) is 0 Å². The van der Waals surface area contributed by atoms with Gasteiger partial charge in [-0.25, -0.2) is 4.79 Å². The number of aromatic amines is 1. The SMILES string of the molecule is O=C(O)COc1ccccc1C(=O)NNC(=O)c1cc2cc(Cl)ccc2[nH]1. The van der Waals surface area contributed by atoms with Crippen molar-refractivity contribution in [1.29, 1.82) is 0 Å². The smallest absolute Gasteiger partial charge is 0.341 e. The van der Waals surface area contributed by atoms with Gasteiger partial charge in [0.15, 0.2) is 6.61 Å². The van der Waals surface area contributed by atoms with Crippen LogP contribution in [-0.2, 0) is 4.79 Å². The maximum Gasteiger partial charge on any atom is 0.341 e. The van der Waals surface area contributed by atoms with Crippen molar-refractivity contribution in [2.24, 2.45) is 0 Å². The summed E-state index contributed by atoms with van der Waals surface area (Å²) in [5.74, 6) is -2.28. The van der Waals surface area contributed by atoms with Crippen molar-refractivity contribution >= 4 is 40.3 Å². The molecular weight excluding hydrogens is 374 g/mol. The molecule has 8 nitrogen and oxygen atoms in total. The van der Waals surface area contributed by atoms with E-state index >= 15 is 0 Å². The molecule has 0 spiro atoms. The third-order valence-electron chi connectivity index (χ3n) is 3.60. The lowest BCUT2D eigenvalue weighted by Crippen LogP contribution is -2.41. The molecule has 9 heteroatoms. The van der Waals surface area contributed by atoms with Crippen LogP contribution in [0, 0.1) is 0 Å². The number of carboxylic acids is 1. The molecule has 2 aromatic carbocycles. The van der Waals surface area contributed by atoms with Crippen molar-refractivity contribution in [2.45, 2.75) is 0 Å². The van der Waals surface area contributed by atoms with Gasteiger partial charge in [-0.1, -0.05) is 23.7 Å². The second-order valence-corrected chi connectivity index (χ2v) is 5.94. The average Bonchev–Trinajstić information content (AvgIpc) is 3.07. The third-order valence-corrected chi connectivity index (χ3v) is 3.83. The Morgan fingerprint density at radius 3 is 2.56 bits per heavy atom. The summed E-state index contributed by atoms with van der Waals surface area (Å²) >= 11 is 5.92. The number of halogens is 1. The minimum atomic E-state index is -1.17. The Kier molecular flexibility index (Phi) is 5.28. The number of amides is 2. The number of hydrazine groups is 1. The van der Waals surface area contributed by atoms with Crippen LogP contribution in [0.25, 0.3) is 10.9 Å². The predicted molar refractivity (Wildman–Crippen MR) is 97.8 cm³/mol. The zero-order chi connectivity index (χ0) is 19.4. The minimum absolute atomic E-state index is 0.0856. The van der Waals surface area contributed by atoms with Crippen LogP contribution in [-0.4, -0.2) is 34.5 Å². The number of hydrogen-bond donors (Lipinski definition) is 4.